The Balaban J connectivity index is 1.42. The number of H-pyrrole nitrogens is 1. The normalized spacial score (nSPS) is 22.7. The van der Waals surface area contributed by atoms with Gasteiger partial charge in [0, 0.05) is 54.0 Å². The van der Waals surface area contributed by atoms with Crippen molar-refractivity contribution in [2.75, 3.05) is 19.0 Å². The first-order valence-corrected chi connectivity index (χ1v) is 11.0. The van der Waals surface area contributed by atoms with E-state index in [1.807, 2.05) is 24.5 Å². The number of methoxy groups -OCH3 is 1. The molecule has 2 aromatic heterocycles. The summed E-state index contributed by atoms with van der Waals surface area (Å²) in [6.07, 6.45) is 8.49. The molecule has 0 radical (unpaired) electrons. The van der Waals surface area contributed by atoms with Crippen LogP contribution < -0.4 is 10.6 Å². The van der Waals surface area contributed by atoms with Crippen LogP contribution in [0.25, 0.3) is 22.2 Å². The van der Waals surface area contributed by atoms with Gasteiger partial charge < -0.3 is 20.4 Å². The summed E-state index contributed by atoms with van der Waals surface area (Å²) < 4.78 is 5.46. The molecule has 1 amide bonds. The average molecular weight is 420 g/mol. The van der Waals surface area contributed by atoms with Gasteiger partial charge in [0.15, 0.2) is 0 Å². The maximum atomic E-state index is 12.3. The first-order valence-electron chi connectivity index (χ1n) is 11.0. The smallest absolute Gasteiger partial charge is 0.251 e. The van der Waals surface area contributed by atoms with Gasteiger partial charge in [0.25, 0.3) is 5.91 Å². The van der Waals surface area contributed by atoms with Crippen molar-refractivity contribution in [3.05, 3.63) is 41.7 Å². The first-order chi connectivity index (χ1) is 14.9. The van der Waals surface area contributed by atoms with E-state index in [1.54, 1.807) is 7.11 Å². The van der Waals surface area contributed by atoms with E-state index in [2.05, 4.69) is 40.5 Å². The molecule has 1 aromatic carbocycles. The van der Waals surface area contributed by atoms with Gasteiger partial charge in [-0.25, -0.2) is 4.98 Å². The number of hydrogen-bond donors (Lipinski definition) is 3. The number of aromatic amines is 1. The largest absolute Gasteiger partial charge is 0.381 e. The highest BCUT2D eigenvalue weighted by molar-refractivity contribution is 5.99. The van der Waals surface area contributed by atoms with Crippen LogP contribution in [0, 0.1) is 0 Å². The van der Waals surface area contributed by atoms with Crippen LogP contribution in [0.1, 0.15) is 55.5 Å². The van der Waals surface area contributed by atoms with Crippen molar-refractivity contribution in [1.82, 2.24) is 20.3 Å². The summed E-state index contributed by atoms with van der Waals surface area (Å²) in [6, 6.07) is 6.44. The lowest BCUT2D eigenvalue weighted by molar-refractivity contribution is 0.0681. The SMILES string of the molecule is COC1CCC(Nc2ncc3c(-c4ccc5c(c4)C(C)(C)CNC5=O)c[nH]c3n2)CC1. The molecule has 1 aliphatic heterocycles. The van der Waals surface area contributed by atoms with Crippen LogP contribution in [0.15, 0.2) is 30.6 Å². The number of hydrogen-bond acceptors (Lipinski definition) is 5. The molecule has 7 nitrogen and oxygen atoms in total. The molecule has 3 aromatic rings. The highest BCUT2D eigenvalue weighted by Gasteiger charge is 2.31. The second kappa shape index (κ2) is 7.64. The Hall–Kier alpha value is -2.93. The van der Waals surface area contributed by atoms with Gasteiger partial charge in [-0.3, -0.25) is 4.79 Å². The highest BCUT2D eigenvalue weighted by atomic mass is 16.5. The number of ether oxygens (including phenoxy) is 1. The Morgan fingerprint density at radius 3 is 2.74 bits per heavy atom. The van der Waals surface area contributed by atoms with Crippen molar-refractivity contribution in [3.63, 3.8) is 0 Å². The maximum Gasteiger partial charge on any atom is 0.251 e. The average Bonchev–Trinajstić information content (AvgIpc) is 3.20. The lowest BCUT2D eigenvalue weighted by Crippen LogP contribution is -2.43. The molecular weight excluding hydrogens is 390 g/mol. The van der Waals surface area contributed by atoms with Crippen LogP contribution in [0.5, 0.6) is 0 Å². The standard InChI is InChI=1S/C24H29N5O2/c1-24(2)13-27-22(30)17-9-4-14(10-20(17)24)18-11-25-21-19(18)12-26-23(29-21)28-15-5-7-16(31-3)8-6-15/h4,9-12,15-16H,5-8,13H2,1-3H3,(H,27,30)(H2,25,26,28,29). The maximum absolute atomic E-state index is 12.3. The van der Waals surface area contributed by atoms with Crippen LogP contribution in [-0.4, -0.2) is 46.7 Å². The zero-order valence-corrected chi connectivity index (χ0v) is 18.3. The lowest BCUT2D eigenvalue weighted by atomic mass is 9.78. The predicted molar refractivity (Wildman–Crippen MR) is 121 cm³/mol. The quantitative estimate of drug-likeness (QED) is 0.594. The summed E-state index contributed by atoms with van der Waals surface area (Å²) in [5.41, 5.74) is 4.65. The number of anilines is 1. The van der Waals surface area contributed by atoms with Crippen molar-refractivity contribution >= 4 is 22.9 Å². The molecule has 0 spiro atoms. The number of aromatic nitrogens is 3. The number of amides is 1. The van der Waals surface area contributed by atoms with Crippen LogP contribution in [0.3, 0.4) is 0 Å². The third kappa shape index (κ3) is 3.67. The third-order valence-electron chi connectivity index (χ3n) is 6.77. The Labute approximate surface area is 182 Å². The Kier molecular flexibility index (Phi) is 4.93. The number of carbonyl (C=O) groups excluding carboxylic acids is 1. The molecule has 1 fully saturated rings. The van der Waals surface area contributed by atoms with Crippen molar-refractivity contribution in [2.45, 2.75) is 57.1 Å². The summed E-state index contributed by atoms with van der Waals surface area (Å²) >= 11 is 0. The van der Waals surface area contributed by atoms with E-state index in [1.165, 1.54) is 0 Å². The van der Waals surface area contributed by atoms with Crippen LogP contribution in [0.2, 0.25) is 0 Å². The van der Waals surface area contributed by atoms with Gasteiger partial charge in [-0.05, 0) is 48.9 Å². The molecule has 3 N–H and O–H groups in total. The summed E-state index contributed by atoms with van der Waals surface area (Å²) in [5, 5.41) is 7.44. The zero-order valence-electron chi connectivity index (χ0n) is 18.3. The minimum absolute atomic E-state index is 0.00150. The number of rotatable bonds is 4. The van der Waals surface area contributed by atoms with Gasteiger partial charge in [-0.2, -0.15) is 4.98 Å². The molecule has 2 aliphatic rings. The molecule has 0 bridgehead atoms. The highest BCUT2D eigenvalue weighted by Crippen LogP contribution is 2.35. The molecule has 1 saturated carbocycles. The summed E-state index contributed by atoms with van der Waals surface area (Å²) in [6.45, 7) is 4.96. The number of nitrogens with one attached hydrogen (secondary N) is 3. The molecule has 0 atom stereocenters. The predicted octanol–water partition coefficient (Wildman–Crippen LogP) is 4.02. The van der Waals surface area contributed by atoms with Crippen LogP contribution >= 0.6 is 0 Å². The van der Waals surface area contributed by atoms with E-state index in [0.717, 1.165) is 59.0 Å². The number of nitrogens with zero attached hydrogens (tertiary/aromatic N) is 2. The van der Waals surface area contributed by atoms with Crippen molar-refractivity contribution in [1.29, 1.82) is 0 Å². The van der Waals surface area contributed by atoms with Crippen LogP contribution in [0.4, 0.5) is 5.95 Å². The molecule has 162 valence electrons. The minimum atomic E-state index is -0.110. The fourth-order valence-corrected chi connectivity index (χ4v) is 4.80. The van der Waals surface area contributed by atoms with Gasteiger partial charge in [-0.1, -0.05) is 19.9 Å². The van der Waals surface area contributed by atoms with E-state index in [0.29, 0.717) is 24.6 Å². The molecule has 31 heavy (non-hydrogen) atoms. The summed E-state index contributed by atoms with van der Waals surface area (Å²) in [4.78, 5) is 24.9. The third-order valence-corrected chi connectivity index (χ3v) is 6.77. The zero-order chi connectivity index (χ0) is 21.6. The molecule has 1 aliphatic carbocycles. The van der Waals surface area contributed by atoms with Crippen molar-refractivity contribution < 1.29 is 9.53 Å². The van der Waals surface area contributed by atoms with Gasteiger partial charge in [-0.15, -0.1) is 0 Å². The summed E-state index contributed by atoms with van der Waals surface area (Å²) in [5.74, 6) is 0.656. The summed E-state index contributed by atoms with van der Waals surface area (Å²) in [7, 11) is 1.79. The second-order valence-corrected chi connectivity index (χ2v) is 9.34. The fourth-order valence-electron chi connectivity index (χ4n) is 4.80. The minimum Gasteiger partial charge on any atom is -0.381 e. The first kappa shape index (κ1) is 20.0. The molecule has 3 heterocycles. The lowest BCUT2D eigenvalue weighted by Gasteiger charge is -2.32. The molecule has 0 saturated heterocycles. The van der Waals surface area contributed by atoms with Crippen molar-refractivity contribution in [3.8, 4) is 11.1 Å². The second-order valence-electron chi connectivity index (χ2n) is 9.34. The molecule has 7 heteroatoms. The number of fused-ring (bicyclic) bond motifs is 2. The molecule has 5 rings (SSSR count). The molecule has 0 unspecified atom stereocenters. The topological polar surface area (TPSA) is 91.9 Å². The van der Waals surface area contributed by atoms with E-state index in [9.17, 15) is 4.79 Å². The van der Waals surface area contributed by atoms with Gasteiger partial charge in [0.1, 0.15) is 5.65 Å². The number of carbonyl (C=O) groups is 1. The molecular formula is C24H29N5O2. The Morgan fingerprint density at radius 2 is 1.97 bits per heavy atom. The van der Waals surface area contributed by atoms with Gasteiger partial charge in [0.2, 0.25) is 5.95 Å². The van der Waals surface area contributed by atoms with E-state index in [-0.39, 0.29) is 11.3 Å². The fraction of sp³-hybridized carbons (Fsp3) is 0.458. The number of benzene rings is 1. The van der Waals surface area contributed by atoms with Crippen LogP contribution in [-0.2, 0) is 10.2 Å². The van der Waals surface area contributed by atoms with E-state index in [4.69, 9.17) is 9.72 Å². The Morgan fingerprint density at radius 1 is 1.16 bits per heavy atom. The van der Waals surface area contributed by atoms with Gasteiger partial charge >= 0.3 is 0 Å². The Bertz CT molecular complexity index is 1130. The van der Waals surface area contributed by atoms with Gasteiger partial charge in [0.05, 0.1) is 6.10 Å². The van der Waals surface area contributed by atoms with E-state index < -0.39 is 0 Å². The monoisotopic (exact) mass is 419 g/mol. The van der Waals surface area contributed by atoms with Crippen molar-refractivity contribution in [2.24, 2.45) is 0 Å². The van der Waals surface area contributed by atoms with E-state index >= 15 is 0 Å².